The topological polar surface area (TPSA) is 104 Å². The first-order chi connectivity index (χ1) is 9.98. The van der Waals surface area contributed by atoms with Crippen molar-refractivity contribution in [1.29, 1.82) is 0 Å². The summed E-state index contributed by atoms with van der Waals surface area (Å²) >= 11 is 0. The van der Waals surface area contributed by atoms with Gasteiger partial charge in [0.2, 0.25) is 0 Å². The van der Waals surface area contributed by atoms with Crippen LogP contribution in [0.3, 0.4) is 0 Å². The molecular weight excluding hydrogens is 276 g/mol. The van der Waals surface area contributed by atoms with Gasteiger partial charge in [-0.2, -0.15) is 0 Å². The smallest absolute Gasteiger partial charge is 0.310 e. The van der Waals surface area contributed by atoms with E-state index in [2.05, 4.69) is 0 Å². The third-order valence-corrected chi connectivity index (χ3v) is 4.96. The Balaban J connectivity index is 2.03. The van der Waals surface area contributed by atoms with Gasteiger partial charge >= 0.3 is 11.9 Å². The Kier molecular flexibility index (Phi) is 4.68. The number of hydrogen-bond acceptors (Lipinski definition) is 5. The van der Waals surface area contributed by atoms with Crippen molar-refractivity contribution in [2.45, 2.75) is 19.8 Å². The van der Waals surface area contributed by atoms with Crippen molar-refractivity contribution in [2.24, 2.45) is 29.1 Å². The van der Waals surface area contributed by atoms with Gasteiger partial charge in [-0.1, -0.05) is 19.1 Å². The number of carbonyl (C=O) groups is 2. The Hall–Kier alpha value is -1.40. The molecule has 3 N–H and O–H groups in total. The van der Waals surface area contributed by atoms with Gasteiger partial charge in [0.25, 0.3) is 0 Å². The molecule has 0 spiro atoms. The maximum absolute atomic E-state index is 12.3. The van der Waals surface area contributed by atoms with Crippen molar-refractivity contribution >= 4 is 11.9 Å². The zero-order chi connectivity index (χ0) is 15.6. The van der Waals surface area contributed by atoms with Gasteiger partial charge in [0.1, 0.15) is 6.61 Å². The zero-order valence-corrected chi connectivity index (χ0v) is 12.1. The SMILES string of the molecule is CCC(CO)(CO)COC(=O)C1C2C=CC(C2)C1C(=O)O. The highest BCUT2D eigenvalue weighted by atomic mass is 16.5. The van der Waals surface area contributed by atoms with Crippen LogP contribution >= 0.6 is 0 Å². The number of allylic oxidation sites excluding steroid dienone is 2. The second kappa shape index (κ2) is 6.15. The molecule has 0 aromatic carbocycles. The normalized spacial score (nSPS) is 30.6. The predicted octanol–water partition coefficient (Wildman–Crippen LogP) is 0.433. The van der Waals surface area contributed by atoms with E-state index in [4.69, 9.17) is 4.74 Å². The van der Waals surface area contributed by atoms with Crippen molar-refractivity contribution in [1.82, 2.24) is 0 Å². The first kappa shape index (κ1) is 16.0. The van der Waals surface area contributed by atoms with E-state index in [1.807, 2.05) is 12.2 Å². The predicted molar refractivity (Wildman–Crippen MR) is 73.2 cm³/mol. The highest BCUT2D eigenvalue weighted by Crippen LogP contribution is 2.48. The van der Waals surface area contributed by atoms with E-state index in [-0.39, 0.29) is 31.7 Å². The minimum absolute atomic E-state index is 0.0807. The van der Waals surface area contributed by atoms with Gasteiger partial charge in [-0.05, 0) is 24.7 Å². The second-order valence-electron chi connectivity index (χ2n) is 6.12. The molecule has 0 radical (unpaired) electrons. The summed E-state index contributed by atoms with van der Waals surface area (Å²) in [6.07, 6.45) is 4.90. The molecule has 0 aliphatic heterocycles. The lowest BCUT2D eigenvalue weighted by Gasteiger charge is -2.29. The van der Waals surface area contributed by atoms with Crippen molar-refractivity contribution in [3.63, 3.8) is 0 Å². The van der Waals surface area contributed by atoms with Gasteiger partial charge in [-0.3, -0.25) is 9.59 Å². The second-order valence-corrected chi connectivity index (χ2v) is 6.12. The molecule has 0 heterocycles. The summed E-state index contributed by atoms with van der Waals surface area (Å²) in [5.74, 6) is -3.09. The number of rotatable bonds is 7. The summed E-state index contributed by atoms with van der Waals surface area (Å²) < 4.78 is 5.24. The fraction of sp³-hybridized carbons (Fsp3) is 0.733. The van der Waals surface area contributed by atoms with Gasteiger partial charge in [0, 0.05) is 0 Å². The maximum atomic E-state index is 12.3. The minimum atomic E-state index is -0.972. The molecule has 6 heteroatoms. The molecule has 6 nitrogen and oxygen atoms in total. The standard InChI is InChI=1S/C15H22O6/c1-2-15(6-16,7-17)8-21-14(20)12-10-4-3-9(5-10)11(12)13(18)19/h3-4,9-12,16-17H,2,5-8H2,1H3,(H,18,19). The Morgan fingerprint density at radius 1 is 1.19 bits per heavy atom. The lowest BCUT2D eigenvalue weighted by molar-refractivity contribution is -0.162. The Labute approximate surface area is 123 Å². The molecule has 2 aliphatic carbocycles. The average molecular weight is 298 g/mol. The molecule has 4 atom stereocenters. The number of hydrogen-bond donors (Lipinski definition) is 3. The number of aliphatic carboxylic acids is 1. The van der Waals surface area contributed by atoms with Crippen molar-refractivity contribution in [2.75, 3.05) is 19.8 Å². The van der Waals surface area contributed by atoms with Crippen LogP contribution in [0.15, 0.2) is 12.2 Å². The number of ether oxygens (including phenoxy) is 1. The van der Waals surface area contributed by atoms with E-state index in [1.54, 1.807) is 6.92 Å². The molecule has 4 unspecified atom stereocenters. The number of carboxylic acid groups (broad SMARTS) is 1. The van der Waals surface area contributed by atoms with Gasteiger partial charge in [0.05, 0.1) is 30.5 Å². The van der Waals surface area contributed by atoms with Crippen LogP contribution in [0.25, 0.3) is 0 Å². The molecule has 1 saturated carbocycles. The van der Waals surface area contributed by atoms with E-state index >= 15 is 0 Å². The largest absolute Gasteiger partial charge is 0.481 e. The quantitative estimate of drug-likeness (QED) is 0.465. The van der Waals surface area contributed by atoms with E-state index in [1.165, 1.54) is 0 Å². The van der Waals surface area contributed by atoms with E-state index in [9.17, 15) is 24.9 Å². The summed E-state index contributed by atoms with van der Waals surface area (Å²) in [6, 6.07) is 0. The van der Waals surface area contributed by atoms with Gasteiger partial charge in [-0.25, -0.2) is 0 Å². The molecule has 2 aliphatic rings. The third kappa shape index (κ3) is 2.82. The highest BCUT2D eigenvalue weighted by molar-refractivity contribution is 5.83. The molecule has 2 rings (SSSR count). The molecular formula is C15H22O6. The lowest BCUT2D eigenvalue weighted by Crippen LogP contribution is -2.39. The monoisotopic (exact) mass is 298 g/mol. The van der Waals surface area contributed by atoms with Crippen LogP contribution in [-0.4, -0.2) is 47.1 Å². The van der Waals surface area contributed by atoms with Gasteiger partial charge in [-0.15, -0.1) is 0 Å². The molecule has 21 heavy (non-hydrogen) atoms. The van der Waals surface area contributed by atoms with Crippen molar-refractivity contribution < 1.29 is 29.6 Å². The first-order valence-corrected chi connectivity index (χ1v) is 7.27. The summed E-state index contributed by atoms with van der Waals surface area (Å²) in [7, 11) is 0. The first-order valence-electron chi connectivity index (χ1n) is 7.27. The van der Waals surface area contributed by atoms with E-state index in [0.29, 0.717) is 12.8 Å². The van der Waals surface area contributed by atoms with Crippen molar-refractivity contribution in [3.8, 4) is 0 Å². The molecule has 1 fully saturated rings. The molecule has 0 saturated heterocycles. The Morgan fingerprint density at radius 3 is 2.24 bits per heavy atom. The van der Waals surface area contributed by atoms with Crippen molar-refractivity contribution in [3.05, 3.63) is 12.2 Å². The lowest BCUT2D eigenvalue weighted by atomic mass is 9.83. The van der Waals surface area contributed by atoms with Crippen LogP contribution in [0.5, 0.6) is 0 Å². The molecule has 0 aromatic rings. The van der Waals surface area contributed by atoms with Crippen LogP contribution < -0.4 is 0 Å². The van der Waals surface area contributed by atoms with Crippen LogP contribution in [-0.2, 0) is 14.3 Å². The molecule has 0 aromatic heterocycles. The number of carbonyl (C=O) groups excluding carboxylic acids is 1. The van der Waals surface area contributed by atoms with E-state index in [0.717, 1.165) is 0 Å². The molecule has 0 amide bonds. The fourth-order valence-corrected chi connectivity index (χ4v) is 3.27. The Bertz CT molecular complexity index is 431. The van der Waals surface area contributed by atoms with Gasteiger partial charge < -0.3 is 20.1 Å². The number of aliphatic hydroxyl groups is 2. The van der Waals surface area contributed by atoms with Gasteiger partial charge in [0.15, 0.2) is 0 Å². The number of esters is 1. The van der Waals surface area contributed by atoms with Crippen LogP contribution in [0.1, 0.15) is 19.8 Å². The summed E-state index contributed by atoms with van der Waals surface area (Å²) in [6.45, 7) is 1.12. The summed E-state index contributed by atoms with van der Waals surface area (Å²) in [5, 5.41) is 28.0. The zero-order valence-electron chi connectivity index (χ0n) is 12.1. The number of carboxylic acids is 1. The summed E-state index contributed by atoms with van der Waals surface area (Å²) in [5.41, 5.74) is -0.859. The Morgan fingerprint density at radius 2 is 1.76 bits per heavy atom. The van der Waals surface area contributed by atoms with Crippen LogP contribution in [0.2, 0.25) is 0 Å². The number of fused-ring (bicyclic) bond motifs is 2. The minimum Gasteiger partial charge on any atom is -0.481 e. The average Bonchev–Trinajstić information content (AvgIpc) is 3.09. The maximum Gasteiger partial charge on any atom is 0.310 e. The molecule has 118 valence electrons. The third-order valence-electron chi connectivity index (χ3n) is 4.96. The fourth-order valence-electron chi connectivity index (χ4n) is 3.27. The van der Waals surface area contributed by atoms with E-state index < -0.39 is 29.2 Å². The highest BCUT2D eigenvalue weighted by Gasteiger charge is 2.52. The molecule has 2 bridgehead atoms. The summed E-state index contributed by atoms with van der Waals surface area (Å²) in [4.78, 5) is 23.6. The van der Waals surface area contributed by atoms with Crippen LogP contribution in [0, 0.1) is 29.1 Å². The number of aliphatic hydroxyl groups excluding tert-OH is 2. The van der Waals surface area contributed by atoms with Crippen LogP contribution in [0.4, 0.5) is 0 Å².